The van der Waals surface area contributed by atoms with E-state index in [1.807, 2.05) is 5.38 Å². The van der Waals surface area contributed by atoms with Crippen molar-refractivity contribution in [2.45, 2.75) is 13.3 Å². The molecule has 0 aliphatic heterocycles. The van der Waals surface area contributed by atoms with Crippen molar-refractivity contribution in [1.82, 2.24) is 20.1 Å². The lowest BCUT2D eigenvalue weighted by Gasteiger charge is -2.07. The van der Waals surface area contributed by atoms with Crippen LogP contribution in [0.3, 0.4) is 0 Å². The standard InChI is InChI=1S/C17H14FN5OS/c1-10-22-14(24-23-10)6-7-19-16-15-13(8-25-17(15)21-9-20-16)11-2-4-12(18)5-3-11/h2-5,8-9H,6-7H2,1H3,(H,19,20,21). The van der Waals surface area contributed by atoms with Gasteiger partial charge in [0, 0.05) is 23.9 Å². The van der Waals surface area contributed by atoms with Crippen LogP contribution in [-0.4, -0.2) is 26.7 Å². The third kappa shape index (κ3) is 3.20. The first-order valence-corrected chi connectivity index (χ1v) is 8.60. The lowest BCUT2D eigenvalue weighted by atomic mass is 10.1. The molecular formula is C17H14FN5OS. The number of rotatable bonds is 5. The van der Waals surface area contributed by atoms with Gasteiger partial charge in [0.15, 0.2) is 5.82 Å². The molecular weight excluding hydrogens is 341 g/mol. The molecule has 1 aromatic carbocycles. The van der Waals surface area contributed by atoms with Crippen molar-refractivity contribution >= 4 is 27.4 Å². The fourth-order valence-electron chi connectivity index (χ4n) is 2.58. The van der Waals surface area contributed by atoms with Crippen LogP contribution in [0.5, 0.6) is 0 Å². The second kappa shape index (κ2) is 6.56. The molecule has 0 bridgehead atoms. The zero-order chi connectivity index (χ0) is 17.2. The number of aryl methyl sites for hydroxylation is 1. The van der Waals surface area contributed by atoms with Crippen LogP contribution in [0, 0.1) is 12.7 Å². The van der Waals surface area contributed by atoms with E-state index in [2.05, 4.69) is 25.4 Å². The van der Waals surface area contributed by atoms with E-state index in [1.54, 1.807) is 19.1 Å². The molecule has 0 radical (unpaired) electrons. The largest absolute Gasteiger partial charge is 0.369 e. The van der Waals surface area contributed by atoms with Crippen LogP contribution >= 0.6 is 11.3 Å². The van der Waals surface area contributed by atoms with E-state index in [4.69, 9.17) is 4.52 Å². The highest BCUT2D eigenvalue weighted by atomic mass is 32.1. The van der Waals surface area contributed by atoms with E-state index >= 15 is 0 Å². The van der Waals surface area contributed by atoms with Crippen LogP contribution in [0.2, 0.25) is 0 Å². The SMILES string of the molecule is Cc1noc(CCNc2ncnc3scc(-c4ccc(F)cc4)c23)n1. The number of nitrogens with one attached hydrogen (secondary N) is 1. The predicted octanol–water partition coefficient (Wildman–Crippen LogP) is 3.84. The molecule has 0 saturated carbocycles. The average molecular weight is 355 g/mol. The Kier molecular flexibility index (Phi) is 4.10. The van der Waals surface area contributed by atoms with Crippen molar-refractivity contribution in [2.75, 3.05) is 11.9 Å². The lowest BCUT2D eigenvalue weighted by molar-refractivity contribution is 0.377. The highest BCUT2D eigenvalue weighted by Gasteiger charge is 2.13. The monoisotopic (exact) mass is 355 g/mol. The van der Waals surface area contributed by atoms with Gasteiger partial charge in [0.1, 0.15) is 22.8 Å². The Morgan fingerprint density at radius 1 is 1.20 bits per heavy atom. The van der Waals surface area contributed by atoms with Gasteiger partial charge in [-0.15, -0.1) is 11.3 Å². The van der Waals surface area contributed by atoms with Crippen molar-refractivity contribution in [2.24, 2.45) is 0 Å². The van der Waals surface area contributed by atoms with Crippen LogP contribution < -0.4 is 5.32 Å². The summed E-state index contributed by atoms with van der Waals surface area (Å²) in [5.41, 5.74) is 1.91. The molecule has 4 aromatic rings. The van der Waals surface area contributed by atoms with Crippen LogP contribution in [0.25, 0.3) is 21.3 Å². The first kappa shape index (κ1) is 15.6. The number of aromatic nitrogens is 4. The number of halogens is 1. The molecule has 0 fully saturated rings. The fourth-order valence-corrected chi connectivity index (χ4v) is 3.50. The Morgan fingerprint density at radius 2 is 2.04 bits per heavy atom. The molecule has 6 nitrogen and oxygen atoms in total. The van der Waals surface area contributed by atoms with Crippen molar-refractivity contribution in [3.05, 3.63) is 53.5 Å². The Labute approximate surface area is 146 Å². The Hall–Kier alpha value is -2.87. The molecule has 0 aliphatic carbocycles. The summed E-state index contributed by atoms with van der Waals surface area (Å²) in [5.74, 6) is 1.68. The van der Waals surface area contributed by atoms with Crippen molar-refractivity contribution < 1.29 is 8.91 Å². The van der Waals surface area contributed by atoms with Gasteiger partial charge in [-0.25, -0.2) is 14.4 Å². The van der Waals surface area contributed by atoms with Gasteiger partial charge in [-0.2, -0.15) is 4.98 Å². The van der Waals surface area contributed by atoms with Gasteiger partial charge in [0.2, 0.25) is 5.89 Å². The third-order valence-electron chi connectivity index (χ3n) is 3.73. The number of fused-ring (bicyclic) bond motifs is 1. The van der Waals surface area contributed by atoms with Crippen LogP contribution in [-0.2, 0) is 6.42 Å². The molecule has 25 heavy (non-hydrogen) atoms. The van der Waals surface area contributed by atoms with Gasteiger partial charge in [-0.3, -0.25) is 0 Å². The highest BCUT2D eigenvalue weighted by Crippen LogP contribution is 2.36. The minimum absolute atomic E-state index is 0.257. The van der Waals surface area contributed by atoms with Gasteiger partial charge >= 0.3 is 0 Å². The van der Waals surface area contributed by atoms with E-state index in [0.29, 0.717) is 24.7 Å². The zero-order valence-electron chi connectivity index (χ0n) is 13.4. The maximum Gasteiger partial charge on any atom is 0.228 e. The van der Waals surface area contributed by atoms with E-state index in [0.717, 1.165) is 27.2 Å². The van der Waals surface area contributed by atoms with Gasteiger partial charge < -0.3 is 9.84 Å². The van der Waals surface area contributed by atoms with Crippen LogP contribution in [0.15, 0.2) is 40.5 Å². The summed E-state index contributed by atoms with van der Waals surface area (Å²) in [6.07, 6.45) is 2.13. The molecule has 0 amide bonds. The summed E-state index contributed by atoms with van der Waals surface area (Å²) in [6, 6.07) is 6.42. The molecule has 0 unspecified atom stereocenters. The minimum Gasteiger partial charge on any atom is -0.369 e. The molecule has 0 saturated heterocycles. The van der Waals surface area contributed by atoms with Crippen molar-refractivity contribution in [3.8, 4) is 11.1 Å². The second-order valence-corrected chi connectivity index (χ2v) is 6.33. The smallest absolute Gasteiger partial charge is 0.228 e. The molecule has 3 heterocycles. The second-order valence-electron chi connectivity index (χ2n) is 5.47. The summed E-state index contributed by atoms with van der Waals surface area (Å²) in [7, 11) is 0. The molecule has 0 spiro atoms. The number of anilines is 1. The maximum atomic E-state index is 13.2. The van der Waals surface area contributed by atoms with Gasteiger partial charge in [0.05, 0.1) is 5.39 Å². The topological polar surface area (TPSA) is 76.7 Å². The quantitative estimate of drug-likeness (QED) is 0.586. The molecule has 8 heteroatoms. The molecule has 126 valence electrons. The number of benzene rings is 1. The third-order valence-corrected chi connectivity index (χ3v) is 4.61. The Balaban J connectivity index is 1.62. The van der Waals surface area contributed by atoms with Crippen LogP contribution in [0.1, 0.15) is 11.7 Å². The van der Waals surface area contributed by atoms with Gasteiger partial charge in [0.25, 0.3) is 0 Å². The van der Waals surface area contributed by atoms with Crippen molar-refractivity contribution in [1.29, 1.82) is 0 Å². The van der Waals surface area contributed by atoms with E-state index in [9.17, 15) is 4.39 Å². The molecule has 3 aromatic heterocycles. The molecule has 0 atom stereocenters. The van der Waals surface area contributed by atoms with Gasteiger partial charge in [-0.1, -0.05) is 17.3 Å². The number of hydrogen-bond donors (Lipinski definition) is 1. The highest BCUT2D eigenvalue weighted by molar-refractivity contribution is 7.17. The van der Waals surface area contributed by atoms with E-state index < -0.39 is 0 Å². The summed E-state index contributed by atoms with van der Waals surface area (Å²) in [5, 5.41) is 10.0. The predicted molar refractivity (Wildman–Crippen MR) is 94.0 cm³/mol. The van der Waals surface area contributed by atoms with Crippen LogP contribution in [0.4, 0.5) is 10.2 Å². The van der Waals surface area contributed by atoms with Gasteiger partial charge in [-0.05, 0) is 24.6 Å². The molecule has 0 aliphatic rings. The zero-order valence-corrected chi connectivity index (χ0v) is 14.2. The summed E-state index contributed by atoms with van der Waals surface area (Å²) >= 11 is 1.53. The fraction of sp³-hybridized carbons (Fsp3) is 0.176. The first-order chi connectivity index (χ1) is 12.2. The number of thiophene rings is 1. The summed E-state index contributed by atoms with van der Waals surface area (Å²) in [6.45, 7) is 2.39. The number of hydrogen-bond acceptors (Lipinski definition) is 7. The van der Waals surface area contributed by atoms with E-state index in [-0.39, 0.29) is 5.82 Å². The van der Waals surface area contributed by atoms with E-state index in [1.165, 1.54) is 29.8 Å². The lowest BCUT2D eigenvalue weighted by Crippen LogP contribution is -2.07. The van der Waals surface area contributed by atoms with Crippen molar-refractivity contribution in [3.63, 3.8) is 0 Å². The average Bonchev–Trinajstić information content (AvgIpc) is 3.22. The summed E-state index contributed by atoms with van der Waals surface area (Å²) < 4.78 is 18.3. The first-order valence-electron chi connectivity index (χ1n) is 7.72. The number of nitrogens with zero attached hydrogens (tertiary/aromatic N) is 4. The maximum absolute atomic E-state index is 13.2. The normalized spacial score (nSPS) is 11.1. The minimum atomic E-state index is -0.257. The molecule has 1 N–H and O–H groups in total. The summed E-state index contributed by atoms with van der Waals surface area (Å²) in [4.78, 5) is 13.8. The Bertz CT molecular complexity index is 1010. The Morgan fingerprint density at radius 3 is 2.80 bits per heavy atom. The molecule has 4 rings (SSSR count).